The van der Waals surface area contributed by atoms with E-state index >= 15 is 0 Å². The van der Waals surface area contributed by atoms with Gasteiger partial charge >= 0.3 is 0 Å². The highest BCUT2D eigenvalue weighted by Gasteiger charge is 2.48. The van der Waals surface area contributed by atoms with Crippen LogP contribution in [0.25, 0.3) is 0 Å². The summed E-state index contributed by atoms with van der Waals surface area (Å²) in [4.78, 5) is 0. The van der Waals surface area contributed by atoms with Crippen molar-refractivity contribution in [2.45, 2.75) is 63.7 Å². The molecule has 39 heavy (non-hydrogen) atoms. The quantitative estimate of drug-likeness (QED) is 0.178. The summed E-state index contributed by atoms with van der Waals surface area (Å²) in [5.74, 6) is 0. The lowest BCUT2D eigenvalue weighted by atomic mass is 9.89. The van der Waals surface area contributed by atoms with Crippen molar-refractivity contribution in [2.24, 2.45) is 0 Å². The van der Waals surface area contributed by atoms with Crippen molar-refractivity contribution in [3.8, 4) is 0 Å². The van der Waals surface area contributed by atoms with Gasteiger partial charge in [-0.3, -0.25) is 0 Å². The van der Waals surface area contributed by atoms with Crippen LogP contribution in [0.2, 0.25) is 0 Å². The van der Waals surface area contributed by atoms with Crippen molar-refractivity contribution in [1.29, 1.82) is 0 Å². The summed E-state index contributed by atoms with van der Waals surface area (Å²) < 4.78 is 27.9. The first-order valence-electron chi connectivity index (χ1n) is 13.6. The van der Waals surface area contributed by atoms with Gasteiger partial charge in [-0.25, -0.2) is 0 Å². The Hall–Kier alpha value is -2.80. The fraction of sp³-hybridized carbons (Fsp3) is 0.294. The molecule has 1 aliphatic heterocycles. The van der Waals surface area contributed by atoms with E-state index in [0.29, 0.717) is 19.8 Å². The number of ether oxygens (including phenoxy) is 4. The van der Waals surface area contributed by atoms with Crippen LogP contribution in [-0.4, -0.2) is 24.4 Å². The van der Waals surface area contributed by atoms with Gasteiger partial charge in [-0.1, -0.05) is 126 Å². The van der Waals surface area contributed by atoms with Gasteiger partial charge in [0.25, 0.3) is 0 Å². The van der Waals surface area contributed by atoms with Crippen LogP contribution < -0.4 is 0 Å². The molecule has 1 heterocycles. The maximum absolute atomic E-state index is 6.81. The van der Waals surface area contributed by atoms with Gasteiger partial charge in [0, 0.05) is 4.47 Å². The van der Waals surface area contributed by atoms with Crippen LogP contribution in [0.15, 0.2) is 120 Å². The van der Waals surface area contributed by atoms with E-state index in [1.807, 2.05) is 66.7 Å². The zero-order valence-electron chi connectivity index (χ0n) is 22.2. The van der Waals surface area contributed by atoms with E-state index in [0.717, 1.165) is 33.1 Å². The van der Waals surface area contributed by atoms with E-state index in [9.17, 15) is 0 Å². The number of halogens is 1. The SMILES string of the molecule is CC[C@H]1O[C@@H](c2cccc(Br)c2)[C@H](OCc2ccccc2)[C@@H](OCc2ccccc2)[C@@H]1OCc1ccccc1. The molecule has 0 radical (unpaired) electrons. The van der Waals surface area contributed by atoms with Gasteiger partial charge in [0.1, 0.15) is 24.4 Å². The molecule has 0 unspecified atom stereocenters. The van der Waals surface area contributed by atoms with Gasteiger partial charge in [-0.2, -0.15) is 0 Å². The monoisotopic (exact) mass is 586 g/mol. The Labute approximate surface area is 240 Å². The Bertz CT molecular complexity index is 1270. The van der Waals surface area contributed by atoms with Gasteiger partial charge < -0.3 is 18.9 Å². The van der Waals surface area contributed by atoms with Crippen molar-refractivity contribution in [2.75, 3.05) is 0 Å². The lowest BCUT2D eigenvalue weighted by Crippen LogP contribution is -2.57. The van der Waals surface area contributed by atoms with Crippen LogP contribution in [0.4, 0.5) is 0 Å². The van der Waals surface area contributed by atoms with E-state index < -0.39 is 0 Å². The zero-order chi connectivity index (χ0) is 26.9. The standard InChI is InChI=1S/C34H35BrO4/c1-2-30-32(36-22-25-13-6-3-7-14-25)34(38-24-27-17-10-5-11-18-27)33(37-23-26-15-8-4-9-16-26)31(39-30)28-19-12-20-29(35)21-28/h3-21,30-34H,2,22-24H2,1H3/t30-,31+,32-,33+,34+/m1/s1. The fourth-order valence-electron chi connectivity index (χ4n) is 5.07. The Kier molecular flexibility index (Phi) is 9.97. The summed E-state index contributed by atoms with van der Waals surface area (Å²) in [6.45, 7) is 3.53. The van der Waals surface area contributed by atoms with E-state index in [4.69, 9.17) is 18.9 Å². The summed E-state index contributed by atoms with van der Waals surface area (Å²) >= 11 is 3.64. The van der Waals surface area contributed by atoms with E-state index in [1.54, 1.807) is 0 Å². The lowest BCUT2D eigenvalue weighted by molar-refractivity contribution is -0.267. The van der Waals surface area contributed by atoms with E-state index in [-0.39, 0.29) is 30.5 Å². The molecule has 4 aromatic carbocycles. The molecule has 5 rings (SSSR count). The van der Waals surface area contributed by atoms with Crippen molar-refractivity contribution in [3.05, 3.63) is 142 Å². The third-order valence-electron chi connectivity index (χ3n) is 7.07. The molecule has 0 aromatic heterocycles. The molecule has 5 atom stereocenters. The lowest BCUT2D eigenvalue weighted by Gasteiger charge is -2.46. The third-order valence-corrected chi connectivity index (χ3v) is 7.56. The largest absolute Gasteiger partial charge is 0.368 e. The Balaban J connectivity index is 1.48. The molecule has 0 amide bonds. The van der Waals surface area contributed by atoms with Crippen LogP contribution in [0.1, 0.15) is 41.7 Å². The van der Waals surface area contributed by atoms with Crippen LogP contribution in [-0.2, 0) is 38.8 Å². The van der Waals surface area contributed by atoms with Gasteiger partial charge in [0.05, 0.1) is 25.9 Å². The Morgan fingerprint density at radius 2 is 1.08 bits per heavy atom. The van der Waals surface area contributed by atoms with Crippen LogP contribution in [0, 0.1) is 0 Å². The molecule has 202 valence electrons. The van der Waals surface area contributed by atoms with Gasteiger partial charge in [0.15, 0.2) is 0 Å². The third kappa shape index (κ3) is 7.44. The minimum absolute atomic E-state index is 0.157. The molecule has 0 N–H and O–H groups in total. The highest BCUT2D eigenvalue weighted by molar-refractivity contribution is 9.10. The second kappa shape index (κ2) is 14.0. The Morgan fingerprint density at radius 3 is 1.56 bits per heavy atom. The minimum Gasteiger partial charge on any atom is -0.368 e. The number of hydrogen-bond acceptors (Lipinski definition) is 4. The molecule has 0 aliphatic carbocycles. The van der Waals surface area contributed by atoms with Gasteiger partial charge in [-0.05, 0) is 40.8 Å². The van der Waals surface area contributed by atoms with Crippen molar-refractivity contribution in [1.82, 2.24) is 0 Å². The smallest absolute Gasteiger partial charge is 0.117 e. The highest BCUT2D eigenvalue weighted by atomic mass is 79.9. The average Bonchev–Trinajstić information content (AvgIpc) is 2.99. The second-order valence-electron chi connectivity index (χ2n) is 9.84. The van der Waals surface area contributed by atoms with Gasteiger partial charge in [-0.15, -0.1) is 0 Å². The predicted molar refractivity (Wildman–Crippen MR) is 157 cm³/mol. The fourth-order valence-corrected chi connectivity index (χ4v) is 5.49. The van der Waals surface area contributed by atoms with Crippen molar-refractivity contribution in [3.63, 3.8) is 0 Å². The van der Waals surface area contributed by atoms with Crippen molar-refractivity contribution < 1.29 is 18.9 Å². The number of benzene rings is 4. The molecular weight excluding hydrogens is 552 g/mol. The zero-order valence-corrected chi connectivity index (χ0v) is 23.8. The minimum atomic E-state index is -0.383. The predicted octanol–water partition coefficient (Wildman–Crippen LogP) is 8.06. The molecule has 4 nitrogen and oxygen atoms in total. The molecule has 0 spiro atoms. The molecule has 5 heteroatoms. The summed E-state index contributed by atoms with van der Waals surface area (Å²) in [6, 6.07) is 39.0. The number of rotatable bonds is 11. The first-order valence-corrected chi connectivity index (χ1v) is 14.4. The summed E-state index contributed by atoms with van der Waals surface area (Å²) in [5.41, 5.74) is 4.38. The summed E-state index contributed by atoms with van der Waals surface area (Å²) in [6.07, 6.45) is -0.709. The maximum atomic E-state index is 6.81. The molecule has 0 bridgehead atoms. The maximum Gasteiger partial charge on any atom is 0.117 e. The van der Waals surface area contributed by atoms with E-state index in [1.165, 1.54) is 0 Å². The van der Waals surface area contributed by atoms with Crippen molar-refractivity contribution >= 4 is 15.9 Å². The molecular formula is C34H35BrO4. The Morgan fingerprint density at radius 1 is 0.590 bits per heavy atom. The molecule has 1 aliphatic rings. The van der Waals surface area contributed by atoms with E-state index in [2.05, 4.69) is 71.4 Å². The van der Waals surface area contributed by atoms with Crippen LogP contribution >= 0.6 is 15.9 Å². The molecule has 0 saturated carbocycles. The number of hydrogen-bond donors (Lipinski definition) is 0. The topological polar surface area (TPSA) is 36.9 Å². The van der Waals surface area contributed by atoms with Crippen LogP contribution in [0.3, 0.4) is 0 Å². The van der Waals surface area contributed by atoms with Gasteiger partial charge in [0.2, 0.25) is 0 Å². The first-order chi connectivity index (χ1) is 19.2. The first kappa shape index (κ1) is 27.8. The molecule has 1 fully saturated rings. The second-order valence-corrected chi connectivity index (χ2v) is 10.8. The molecule has 4 aromatic rings. The highest BCUT2D eigenvalue weighted by Crippen LogP contribution is 2.39. The molecule has 1 saturated heterocycles. The van der Waals surface area contributed by atoms with Crippen LogP contribution in [0.5, 0.6) is 0 Å². The normalized spacial score (nSPS) is 23.0. The summed E-state index contributed by atoms with van der Waals surface area (Å²) in [7, 11) is 0. The average molecular weight is 588 g/mol. The summed E-state index contributed by atoms with van der Waals surface area (Å²) in [5, 5.41) is 0.